The first-order valence-corrected chi connectivity index (χ1v) is 11.7. The van der Waals surface area contributed by atoms with Crippen LogP contribution in [0.1, 0.15) is 30.5 Å². The third-order valence-electron chi connectivity index (χ3n) is 6.71. The second kappa shape index (κ2) is 9.51. The molecule has 7 heteroatoms. The van der Waals surface area contributed by atoms with E-state index in [4.69, 9.17) is 14.7 Å². The number of nitrogens with one attached hydrogen (secondary N) is 1. The Bertz CT molecular complexity index is 872. The van der Waals surface area contributed by atoms with Crippen LogP contribution in [-0.2, 0) is 18.0 Å². The zero-order valence-electron chi connectivity index (χ0n) is 18.6. The van der Waals surface area contributed by atoms with Crippen molar-refractivity contribution in [2.75, 3.05) is 69.6 Å². The molecule has 31 heavy (non-hydrogen) atoms. The molecule has 0 spiro atoms. The Morgan fingerprint density at radius 1 is 0.935 bits per heavy atom. The van der Waals surface area contributed by atoms with Crippen LogP contribution in [0.4, 0.5) is 11.5 Å². The summed E-state index contributed by atoms with van der Waals surface area (Å²) in [4.78, 5) is 17.1. The second-order valence-electron chi connectivity index (χ2n) is 8.98. The van der Waals surface area contributed by atoms with Crippen molar-refractivity contribution in [3.05, 3.63) is 35.5 Å². The van der Waals surface area contributed by atoms with Gasteiger partial charge in [-0.1, -0.05) is 0 Å². The van der Waals surface area contributed by atoms with E-state index >= 15 is 0 Å². The molecule has 166 valence electrons. The maximum absolute atomic E-state index is 5.68. The fourth-order valence-corrected chi connectivity index (χ4v) is 4.73. The van der Waals surface area contributed by atoms with E-state index in [1.54, 1.807) is 0 Å². The number of likely N-dealkylation sites (N-methyl/N-ethyl adjacent to an activating group) is 1. The van der Waals surface area contributed by atoms with Gasteiger partial charge < -0.3 is 24.8 Å². The Kier molecular flexibility index (Phi) is 6.34. The zero-order chi connectivity index (χ0) is 21.0. The van der Waals surface area contributed by atoms with E-state index in [1.807, 2.05) is 0 Å². The highest BCUT2D eigenvalue weighted by Gasteiger charge is 2.21. The molecule has 0 atom stereocenters. The molecule has 1 aromatic carbocycles. The van der Waals surface area contributed by atoms with E-state index in [2.05, 4.69) is 51.3 Å². The third kappa shape index (κ3) is 4.84. The summed E-state index contributed by atoms with van der Waals surface area (Å²) in [5.74, 6) is 1.73. The number of hydrogen-bond donors (Lipinski definition) is 1. The fraction of sp³-hybridized carbons (Fsp3) is 0.583. The molecule has 4 heterocycles. The van der Waals surface area contributed by atoms with Crippen LogP contribution >= 0.6 is 0 Å². The summed E-state index contributed by atoms with van der Waals surface area (Å²) in [7, 11) is 2.19. The Morgan fingerprint density at radius 3 is 2.48 bits per heavy atom. The third-order valence-corrected chi connectivity index (χ3v) is 6.71. The van der Waals surface area contributed by atoms with Crippen molar-refractivity contribution in [3.8, 4) is 11.4 Å². The highest BCUT2D eigenvalue weighted by Crippen LogP contribution is 2.29. The zero-order valence-corrected chi connectivity index (χ0v) is 18.6. The van der Waals surface area contributed by atoms with Crippen molar-refractivity contribution in [1.29, 1.82) is 0 Å². The van der Waals surface area contributed by atoms with Crippen LogP contribution in [0, 0.1) is 0 Å². The van der Waals surface area contributed by atoms with Crippen LogP contribution in [0.15, 0.2) is 24.3 Å². The Balaban J connectivity index is 1.27. The minimum atomic E-state index is 0.576. The van der Waals surface area contributed by atoms with Crippen molar-refractivity contribution in [2.24, 2.45) is 0 Å². The Labute approximate surface area is 185 Å². The summed E-state index contributed by atoms with van der Waals surface area (Å²) in [6, 6.07) is 8.72. The minimum absolute atomic E-state index is 0.576. The van der Waals surface area contributed by atoms with Crippen molar-refractivity contribution in [1.82, 2.24) is 19.8 Å². The highest BCUT2D eigenvalue weighted by molar-refractivity contribution is 5.63. The van der Waals surface area contributed by atoms with E-state index in [-0.39, 0.29) is 0 Å². The quantitative estimate of drug-likeness (QED) is 0.689. The average molecular weight is 423 g/mol. The normalized spacial score (nSPS) is 19.7. The van der Waals surface area contributed by atoms with Gasteiger partial charge in [0.05, 0.1) is 18.9 Å². The summed E-state index contributed by atoms with van der Waals surface area (Å²) in [5, 5.41) is 3.58. The first kappa shape index (κ1) is 20.7. The number of rotatable bonds is 7. The van der Waals surface area contributed by atoms with E-state index in [0.29, 0.717) is 13.2 Å². The molecule has 0 bridgehead atoms. The molecule has 0 unspecified atom stereocenters. The molecule has 7 nitrogen and oxygen atoms in total. The largest absolute Gasteiger partial charge is 0.370 e. The van der Waals surface area contributed by atoms with Crippen molar-refractivity contribution >= 4 is 11.5 Å². The molecule has 1 aromatic heterocycles. The smallest absolute Gasteiger partial charge is 0.161 e. The SMILES string of the molecule is CN1CCN(c2ccc(-c3nc4c(c(NCCCN5CCCC5)n3)COC4)cc2)CC1. The van der Waals surface area contributed by atoms with E-state index in [0.717, 1.165) is 74.2 Å². The number of anilines is 2. The molecule has 2 saturated heterocycles. The van der Waals surface area contributed by atoms with E-state index in [1.165, 1.54) is 31.6 Å². The predicted octanol–water partition coefficient (Wildman–Crippen LogP) is 2.82. The summed E-state index contributed by atoms with van der Waals surface area (Å²) in [6.07, 6.45) is 3.83. The summed E-state index contributed by atoms with van der Waals surface area (Å²) < 4.78 is 5.68. The van der Waals surface area contributed by atoms with Gasteiger partial charge in [0.2, 0.25) is 0 Å². The van der Waals surface area contributed by atoms with Gasteiger partial charge in [-0.15, -0.1) is 0 Å². The molecule has 0 saturated carbocycles. The monoisotopic (exact) mass is 422 g/mol. The highest BCUT2D eigenvalue weighted by atomic mass is 16.5. The number of likely N-dealkylation sites (tertiary alicyclic amines) is 1. The van der Waals surface area contributed by atoms with Crippen LogP contribution < -0.4 is 10.2 Å². The lowest BCUT2D eigenvalue weighted by Gasteiger charge is -2.34. The number of ether oxygens (including phenoxy) is 1. The molecule has 3 aliphatic rings. The number of piperazine rings is 1. The molecular weight excluding hydrogens is 388 g/mol. The number of hydrogen-bond acceptors (Lipinski definition) is 7. The van der Waals surface area contributed by atoms with Gasteiger partial charge in [-0.2, -0.15) is 0 Å². The standard InChI is InChI=1S/C24H34N6O/c1-28-13-15-30(16-14-28)20-7-5-19(6-8-20)23-26-22-18-31-17-21(22)24(27-23)25-9-4-12-29-10-2-3-11-29/h5-8H,2-4,9-18H2,1H3,(H,25,26,27). The summed E-state index contributed by atoms with van der Waals surface area (Å²) in [6.45, 7) is 10.2. The van der Waals surface area contributed by atoms with E-state index < -0.39 is 0 Å². The van der Waals surface area contributed by atoms with Crippen LogP contribution in [0.5, 0.6) is 0 Å². The van der Waals surface area contributed by atoms with E-state index in [9.17, 15) is 0 Å². The molecule has 0 radical (unpaired) electrons. The van der Waals surface area contributed by atoms with Crippen LogP contribution in [0.2, 0.25) is 0 Å². The summed E-state index contributed by atoms with van der Waals surface area (Å²) in [5.41, 5.74) is 4.49. The first-order chi connectivity index (χ1) is 15.3. The maximum Gasteiger partial charge on any atom is 0.161 e. The van der Waals surface area contributed by atoms with Crippen LogP contribution in [0.25, 0.3) is 11.4 Å². The summed E-state index contributed by atoms with van der Waals surface area (Å²) >= 11 is 0. The second-order valence-corrected chi connectivity index (χ2v) is 8.98. The topological polar surface area (TPSA) is 56.8 Å². The van der Waals surface area contributed by atoms with Gasteiger partial charge in [0.15, 0.2) is 5.82 Å². The Morgan fingerprint density at radius 2 is 1.71 bits per heavy atom. The lowest BCUT2D eigenvalue weighted by Crippen LogP contribution is -2.44. The van der Waals surface area contributed by atoms with Gasteiger partial charge in [0, 0.05) is 49.5 Å². The number of nitrogens with zero attached hydrogens (tertiary/aromatic N) is 5. The predicted molar refractivity (Wildman–Crippen MR) is 124 cm³/mol. The molecular formula is C24H34N6O. The van der Waals surface area contributed by atoms with Gasteiger partial charge in [-0.05, 0) is 70.2 Å². The molecule has 2 aromatic rings. The van der Waals surface area contributed by atoms with Gasteiger partial charge in [0.25, 0.3) is 0 Å². The maximum atomic E-state index is 5.68. The van der Waals surface area contributed by atoms with Crippen LogP contribution in [0.3, 0.4) is 0 Å². The molecule has 0 aliphatic carbocycles. The molecule has 5 rings (SSSR count). The van der Waals surface area contributed by atoms with Gasteiger partial charge >= 0.3 is 0 Å². The lowest BCUT2D eigenvalue weighted by molar-refractivity contribution is 0.133. The Hall–Kier alpha value is -2.22. The molecule has 1 N–H and O–H groups in total. The molecule has 2 fully saturated rings. The average Bonchev–Trinajstić information content (AvgIpc) is 3.49. The van der Waals surface area contributed by atoms with Crippen molar-refractivity contribution < 1.29 is 4.74 Å². The molecule has 0 amide bonds. The first-order valence-electron chi connectivity index (χ1n) is 11.7. The van der Waals surface area contributed by atoms with Gasteiger partial charge in [0.1, 0.15) is 5.82 Å². The van der Waals surface area contributed by atoms with Gasteiger partial charge in [-0.25, -0.2) is 9.97 Å². The minimum Gasteiger partial charge on any atom is -0.370 e. The van der Waals surface area contributed by atoms with Crippen LogP contribution in [-0.4, -0.2) is 79.2 Å². The number of fused-ring (bicyclic) bond motifs is 1. The van der Waals surface area contributed by atoms with Gasteiger partial charge in [-0.3, -0.25) is 0 Å². The number of aromatic nitrogens is 2. The fourth-order valence-electron chi connectivity index (χ4n) is 4.73. The number of benzene rings is 1. The van der Waals surface area contributed by atoms with Crippen molar-refractivity contribution in [3.63, 3.8) is 0 Å². The molecule has 3 aliphatic heterocycles. The lowest BCUT2D eigenvalue weighted by atomic mass is 10.1. The van der Waals surface area contributed by atoms with Crippen molar-refractivity contribution in [2.45, 2.75) is 32.5 Å².